The molecular weight excluding hydrogens is 268 g/mol. The van der Waals surface area contributed by atoms with Gasteiger partial charge in [-0.05, 0) is 43.0 Å². The van der Waals surface area contributed by atoms with Crippen molar-refractivity contribution in [3.05, 3.63) is 29.3 Å². The lowest BCUT2D eigenvalue weighted by Crippen LogP contribution is -2.37. The van der Waals surface area contributed by atoms with Gasteiger partial charge in [-0.15, -0.1) is 11.8 Å². The average molecular weight is 294 g/mol. The first kappa shape index (κ1) is 17.1. The predicted molar refractivity (Wildman–Crippen MR) is 87.1 cm³/mol. The van der Waals surface area contributed by atoms with E-state index in [1.54, 1.807) is 0 Å². The van der Waals surface area contributed by atoms with Gasteiger partial charge < -0.3 is 5.73 Å². The van der Waals surface area contributed by atoms with Crippen LogP contribution < -0.4 is 5.73 Å². The number of rotatable bonds is 8. The quantitative estimate of drug-likeness (QED) is 0.750. The first-order valence-electron chi connectivity index (χ1n) is 7.09. The summed E-state index contributed by atoms with van der Waals surface area (Å²) >= 11 is 1.83. The standard InChI is InChI=1S/C16H26N2OS/c1-12(2)10-18(11-16(17)19)7-8-20-15-6-5-13(3)14(4)9-15/h5-6,9,12H,7-8,10-11H2,1-4H3,(H2,17,19). The molecule has 0 atom stereocenters. The van der Waals surface area contributed by atoms with E-state index in [0.717, 1.165) is 18.8 Å². The fourth-order valence-electron chi connectivity index (χ4n) is 2.07. The molecule has 0 aliphatic heterocycles. The van der Waals surface area contributed by atoms with Gasteiger partial charge in [0.25, 0.3) is 0 Å². The van der Waals surface area contributed by atoms with E-state index >= 15 is 0 Å². The third-order valence-corrected chi connectivity index (χ3v) is 4.13. The molecule has 0 aliphatic carbocycles. The smallest absolute Gasteiger partial charge is 0.231 e. The zero-order chi connectivity index (χ0) is 15.1. The summed E-state index contributed by atoms with van der Waals surface area (Å²) in [5.41, 5.74) is 7.95. The van der Waals surface area contributed by atoms with E-state index in [-0.39, 0.29) is 5.91 Å². The van der Waals surface area contributed by atoms with E-state index in [9.17, 15) is 4.79 Å². The van der Waals surface area contributed by atoms with E-state index in [1.165, 1.54) is 16.0 Å². The molecule has 2 N–H and O–H groups in total. The normalized spacial score (nSPS) is 11.3. The third kappa shape index (κ3) is 6.44. The first-order valence-corrected chi connectivity index (χ1v) is 8.07. The van der Waals surface area contributed by atoms with Gasteiger partial charge in [0.2, 0.25) is 5.91 Å². The van der Waals surface area contributed by atoms with Crippen LogP contribution in [0.25, 0.3) is 0 Å². The fraction of sp³-hybridized carbons (Fsp3) is 0.562. The highest BCUT2D eigenvalue weighted by atomic mass is 32.2. The second-order valence-corrected chi connectivity index (χ2v) is 6.86. The summed E-state index contributed by atoms with van der Waals surface area (Å²) in [4.78, 5) is 14.5. The van der Waals surface area contributed by atoms with Crippen molar-refractivity contribution in [2.45, 2.75) is 32.6 Å². The number of aryl methyl sites for hydroxylation is 2. The van der Waals surface area contributed by atoms with E-state index in [1.807, 2.05) is 11.8 Å². The molecule has 112 valence electrons. The summed E-state index contributed by atoms with van der Waals surface area (Å²) in [5.74, 6) is 1.27. The minimum Gasteiger partial charge on any atom is -0.369 e. The van der Waals surface area contributed by atoms with Crippen LogP contribution in [0.2, 0.25) is 0 Å². The monoisotopic (exact) mass is 294 g/mol. The molecule has 0 saturated carbocycles. The molecule has 0 bridgehead atoms. The number of carbonyl (C=O) groups is 1. The van der Waals surface area contributed by atoms with E-state index < -0.39 is 0 Å². The Balaban J connectivity index is 2.46. The van der Waals surface area contributed by atoms with Crippen molar-refractivity contribution in [3.8, 4) is 0 Å². The molecule has 1 rings (SSSR count). The average Bonchev–Trinajstić information content (AvgIpc) is 2.32. The summed E-state index contributed by atoms with van der Waals surface area (Å²) in [6, 6.07) is 6.54. The van der Waals surface area contributed by atoms with Crippen molar-refractivity contribution in [1.29, 1.82) is 0 Å². The van der Waals surface area contributed by atoms with Crippen LogP contribution in [-0.4, -0.2) is 36.2 Å². The van der Waals surface area contributed by atoms with Crippen LogP contribution >= 0.6 is 11.8 Å². The molecule has 0 saturated heterocycles. The minimum atomic E-state index is -0.248. The number of carbonyl (C=O) groups excluding carboxylic acids is 1. The largest absolute Gasteiger partial charge is 0.369 e. The molecule has 0 fully saturated rings. The highest BCUT2D eigenvalue weighted by molar-refractivity contribution is 7.99. The molecule has 0 spiro atoms. The van der Waals surface area contributed by atoms with Crippen LogP contribution in [0.4, 0.5) is 0 Å². The van der Waals surface area contributed by atoms with Gasteiger partial charge in [0.05, 0.1) is 6.54 Å². The second-order valence-electron chi connectivity index (χ2n) is 5.69. The number of primary amides is 1. The number of nitrogens with two attached hydrogens (primary N) is 1. The Morgan fingerprint density at radius 2 is 2.00 bits per heavy atom. The highest BCUT2D eigenvalue weighted by Crippen LogP contribution is 2.21. The van der Waals surface area contributed by atoms with Crippen molar-refractivity contribution >= 4 is 17.7 Å². The minimum absolute atomic E-state index is 0.248. The molecule has 1 aromatic carbocycles. The van der Waals surface area contributed by atoms with E-state index in [0.29, 0.717) is 12.5 Å². The Morgan fingerprint density at radius 1 is 1.30 bits per heavy atom. The van der Waals surface area contributed by atoms with Gasteiger partial charge in [-0.2, -0.15) is 0 Å². The first-order chi connectivity index (χ1) is 9.38. The lowest BCUT2D eigenvalue weighted by Gasteiger charge is -2.22. The molecular formula is C16H26N2OS. The third-order valence-electron chi connectivity index (χ3n) is 3.16. The van der Waals surface area contributed by atoms with Crippen LogP contribution in [0.15, 0.2) is 23.1 Å². The maximum Gasteiger partial charge on any atom is 0.231 e. The van der Waals surface area contributed by atoms with Gasteiger partial charge in [-0.25, -0.2) is 0 Å². The lowest BCUT2D eigenvalue weighted by atomic mass is 10.1. The molecule has 0 radical (unpaired) electrons. The molecule has 3 nitrogen and oxygen atoms in total. The summed E-state index contributed by atoms with van der Waals surface area (Å²) in [5, 5.41) is 0. The van der Waals surface area contributed by atoms with Crippen LogP contribution in [0, 0.1) is 19.8 Å². The maximum atomic E-state index is 11.1. The van der Waals surface area contributed by atoms with Gasteiger partial charge in [-0.1, -0.05) is 19.9 Å². The molecule has 4 heteroatoms. The van der Waals surface area contributed by atoms with Gasteiger partial charge in [0, 0.05) is 23.7 Å². The van der Waals surface area contributed by atoms with Crippen molar-refractivity contribution in [3.63, 3.8) is 0 Å². The van der Waals surface area contributed by atoms with Crippen molar-refractivity contribution < 1.29 is 4.79 Å². The van der Waals surface area contributed by atoms with Crippen LogP contribution in [0.5, 0.6) is 0 Å². The van der Waals surface area contributed by atoms with E-state index in [4.69, 9.17) is 5.73 Å². The number of benzene rings is 1. The van der Waals surface area contributed by atoms with Gasteiger partial charge in [0.15, 0.2) is 0 Å². The summed E-state index contributed by atoms with van der Waals surface area (Å²) in [7, 11) is 0. The Bertz CT molecular complexity index is 446. The Labute approximate surface area is 126 Å². The number of hydrogen-bond donors (Lipinski definition) is 1. The van der Waals surface area contributed by atoms with Crippen LogP contribution in [-0.2, 0) is 4.79 Å². The maximum absolute atomic E-state index is 11.1. The van der Waals surface area contributed by atoms with Crippen molar-refractivity contribution in [2.75, 3.05) is 25.4 Å². The number of amides is 1. The Morgan fingerprint density at radius 3 is 2.55 bits per heavy atom. The summed E-state index contributed by atoms with van der Waals surface area (Å²) < 4.78 is 0. The number of thioether (sulfide) groups is 1. The summed E-state index contributed by atoms with van der Waals surface area (Å²) in [6.45, 7) is 10.7. The lowest BCUT2D eigenvalue weighted by molar-refractivity contribution is -0.119. The fourth-order valence-corrected chi connectivity index (χ4v) is 3.08. The van der Waals surface area contributed by atoms with Gasteiger partial charge in [0.1, 0.15) is 0 Å². The molecule has 0 aromatic heterocycles. The zero-order valence-corrected chi connectivity index (χ0v) is 13.8. The number of hydrogen-bond acceptors (Lipinski definition) is 3. The molecule has 20 heavy (non-hydrogen) atoms. The topological polar surface area (TPSA) is 46.3 Å². The molecule has 1 aromatic rings. The molecule has 0 unspecified atom stereocenters. The van der Waals surface area contributed by atoms with E-state index in [2.05, 4.69) is 50.8 Å². The SMILES string of the molecule is Cc1ccc(SCCN(CC(N)=O)CC(C)C)cc1C. The highest BCUT2D eigenvalue weighted by Gasteiger charge is 2.10. The predicted octanol–water partition coefficient (Wildman–Crippen LogP) is 2.84. The second kappa shape index (κ2) is 8.32. The molecule has 1 amide bonds. The Hall–Kier alpha value is -1.00. The van der Waals surface area contributed by atoms with Crippen LogP contribution in [0.1, 0.15) is 25.0 Å². The number of nitrogens with zero attached hydrogens (tertiary/aromatic N) is 1. The molecule has 0 heterocycles. The Kier molecular flexibility index (Phi) is 7.10. The summed E-state index contributed by atoms with van der Waals surface area (Å²) in [6.07, 6.45) is 0. The zero-order valence-electron chi connectivity index (χ0n) is 13.0. The van der Waals surface area contributed by atoms with Gasteiger partial charge in [-0.3, -0.25) is 9.69 Å². The van der Waals surface area contributed by atoms with Crippen molar-refractivity contribution in [1.82, 2.24) is 4.90 Å². The molecule has 0 aliphatic rings. The van der Waals surface area contributed by atoms with Crippen LogP contribution in [0.3, 0.4) is 0 Å². The van der Waals surface area contributed by atoms with Gasteiger partial charge >= 0.3 is 0 Å². The van der Waals surface area contributed by atoms with Crippen molar-refractivity contribution in [2.24, 2.45) is 11.7 Å².